The van der Waals surface area contributed by atoms with E-state index in [0.717, 1.165) is 34.7 Å². The summed E-state index contributed by atoms with van der Waals surface area (Å²) in [6.07, 6.45) is 1.98. The Hall–Kier alpha value is -2.48. The van der Waals surface area contributed by atoms with Crippen LogP contribution in [0.25, 0.3) is 15.9 Å². The first-order valence-corrected chi connectivity index (χ1v) is 13.5. The third kappa shape index (κ3) is 5.27. The summed E-state index contributed by atoms with van der Waals surface area (Å²) in [6, 6.07) is 15.0. The van der Waals surface area contributed by atoms with Gasteiger partial charge in [0.15, 0.2) is 5.16 Å². The Morgan fingerprint density at radius 2 is 1.85 bits per heavy atom. The Bertz CT molecular complexity index is 1330. The molecule has 0 aliphatic carbocycles. The van der Waals surface area contributed by atoms with Gasteiger partial charge < -0.3 is 9.47 Å². The fourth-order valence-corrected chi connectivity index (χ4v) is 6.04. The number of thiophene rings is 1. The van der Waals surface area contributed by atoms with Gasteiger partial charge in [-0.15, -0.1) is 11.3 Å². The van der Waals surface area contributed by atoms with Crippen LogP contribution in [-0.2, 0) is 6.42 Å². The van der Waals surface area contributed by atoms with Crippen molar-refractivity contribution in [1.29, 1.82) is 0 Å². The van der Waals surface area contributed by atoms with Crippen molar-refractivity contribution in [2.24, 2.45) is 0 Å². The standard InChI is InChI=1S/C26H27ClN2O3S2/c1-4-8-22-17(3)23-24(34-22)28-26(33-16-15-32-21-10-7-6-9-20(21)27)29(25(23)30)18-11-13-19(14-12-18)31-5-2/h6-7,9-14H,4-5,8,15-16H2,1-3H3. The molecule has 2 aromatic carbocycles. The highest BCUT2D eigenvalue weighted by Gasteiger charge is 2.19. The molecule has 5 nitrogen and oxygen atoms in total. The lowest BCUT2D eigenvalue weighted by Gasteiger charge is -2.13. The molecular formula is C26H27ClN2O3S2. The number of benzene rings is 2. The van der Waals surface area contributed by atoms with Crippen molar-refractivity contribution in [3.8, 4) is 17.2 Å². The van der Waals surface area contributed by atoms with E-state index in [1.165, 1.54) is 16.6 Å². The van der Waals surface area contributed by atoms with E-state index in [-0.39, 0.29) is 5.56 Å². The fourth-order valence-electron chi connectivity index (χ4n) is 3.70. The zero-order valence-electron chi connectivity index (χ0n) is 19.5. The molecule has 4 rings (SSSR count). The van der Waals surface area contributed by atoms with E-state index in [0.29, 0.717) is 40.3 Å². The highest BCUT2D eigenvalue weighted by atomic mass is 35.5. The van der Waals surface area contributed by atoms with Crippen LogP contribution in [0.3, 0.4) is 0 Å². The summed E-state index contributed by atoms with van der Waals surface area (Å²) in [5.74, 6) is 2.04. The summed E-state index contributed by atoms with van der Waals surface area (Å²) in [5, 5.41) is 1.93. The molecule has 0 aliphatic rings. The molecule has 0 unspecified atom stereocenters. The molecule has 0 saturated carbocycles. The van der Waals surface area contributed by atoms with Gasteiger partial charge in [-0.3, -0.25) is 9.36 Å². The fraction of sp³-hybridized carbons (Fsp3) is 0.308. The lowest BCUT2D eigenvalue weighted by Crippen LogP contribution is -2.22. The van der Waals surface area contributed by atoms with Crippen molar-refractivity contribution in [2.45, 2.75) is 38.8 Å². The van der Waals surface area contributed by atoms with E-state index in [1.54, 1.807) is 22.0 Å². The molecule has 0 saturated heterocycles. The van der Waals surface area contributed by atoms with Gasteiger partial charge in [-0.1, -0.05) is 48.8 Å². The molecule has 2 aromatic heterocycles. The van der Waals surface area contributed by atoms with Crippen LogP contribution in [0.2, 0.25) is 5.02 Å². The van der Waals surface area contributed by atoms with Crippen molar-refractivity contribution in [2.75, 3.05) is 19.0 Å². The highest BCUT2D eigenvalue weighted by molar-refractivity contribution is 7.99. The number of rotatable bonds is 10. The van der Waals surface area contributed by atoms with Crippen LogP contribution < -0.4 is 15.0 Å². The third-order valence-corrected chi connectivity index (χ3v) is 7.78. The number of aryl methyl sites for hydroxylation is 2. The normalized spacial score (nSPS) is 11.2. The third-order valence-electron chi connectivity index (χ3n) is 5.32. The molecule has 34 heavy (non-hydrogen) atoms. The molecule has 2 heterocycles. The average Bonchev–Trinajstić information content (AvgIpc) is 3.14. The minimum atomic E-state index is -0.0419. The lowest BCUT2D eigenvalue weighted by molar-refractivity contribution is 0.340. The van der Waals surface area contributed by atoms with Crippen molar-refractivity contribution < 1.29 is 9.47 Å². The van der Waals surface area contributed by atoms with Gasteiger partial charge in [0.05, 0.1) is 29.3 Å². The molecule has 0 bridgehead atoms. The van der Waals surface area contributed by atoms with Gasteiger partial charge in [0.2, 0.25) is 0 Å². The van der Waals surface area contributed by atoms with Gasteiger partial charge in [0.25, 0.3) is 5.56 Å². The molecule has 8 heteroatoms. The topological polar surface area (TPSA) is 53.4 Å². The van der Waals surface area contributed by atoms with Crippen LogP contribution in [0.5, 0.6) is 11.5 Å². The molecule has 0 N–H and O–H groups in total. The molecule has 0 spiro atoms. The van der Waals surface area contributed by atoms with Crippen LogP contribution in [0.1, 0.15) is 30.7 Å². The number of para-hydroxylation sites is 1. The number of hydrogen-bond donors (Lipinski definition) is 0. The van der Waals surface area contributed by atoms with Gasteiger partial charge in [-0.25, -0.2) is 4.98 Å². The molecule has 4 aromatic rings. The van der Waals surface area contributed by atoms with Crippen molar-refractivity contribution in [1.82, 2.24) is 9.55 Å². The van der Waals surface area contributed by atoms with Crippen molar-refractivity contribution >= 4 is 44.9 Å². The van der Waals surface area contributed by atoms with Crippen LogP contribution in [0.4, 0.5) is 0 Å². The first-order chi connectivity index (χ1) is 16.5. The number of fused-ring (bicyclic) bond motifs is 1. The van der Waals surface area contributed by atoms with E-state index < -0.39 is 0 Å². The predicted octanol–water partition coefficient (Wildman–Crippen LogP) is 6.93. The Labute approximate surface area is 212 Å². The summed E-state index contributed by atoms with van der Waals surface area (Å²) < 4.78 is 13.1. The second-order valence-electron chi connectivity index (χ2n) is 7.67. The minimum Gasteiger partial charge on any atom is -0.494 e. The molecule has 0 atom stereocenters. The van der Waals surface area contributed by atoms with Gasteiger partial charge >= 0.3 is 0 Å². The van der Waals surface area contributed by atoms with Gasteiger partial charge in [-0.2, -0.15) is 0 Å². The largest absolute Gasteiger partial charge is 0.494 e. The van der Waals surface area contributed by atoms with Gasteiger partial charge in [0.1, 0.15) is 16.3 Å². The maximum atomic E-state index is 13.7. The molecule has 0 radical (unpaired) electrons. The monoisotopic (exact) mass is 514 g/mol. The molecule has 0 fully saturated rings. The highest BCUT2D eigenvalue weighted by Crippen LogP contribution is 2.31. The Kier molecular flexibility index (Phi) is 8.19. The average molecular weight is 515 g/mol. The second kappa shape index (κ2) is 11.3. The Morgan fingerprint density at radius 1 is 1.09 bits per heavy atom. The summed E-state index contributed by atoms with van der Waals surface area (Å²) in [6.45, 7) is 7.15. The van der Waals surface area contributed by atoms with Crippen LogP contribution >= 0.6 is 34.7 Å². The maximum absolute atomic E-state index is 13.7. The summed E-state index contributed by atoms with van der Waals surface area (Å²) in [5.41, 5.74) is 1.76. The summed E-state index contributed by atoms with van der Waals surface area (Å²) in [4.78, 5) is 20.7. The second-order valence-corrected chi connectivity index (χ2v) is 10.2. The predicted molar refractivity (Wildman–Crippen MR) is 143 cm³/mol. The number of ether oxygens (including phenoxy) is 2. The molecule has 0 amide bonds. The zero-order valence-corrected chi connectivity index (χ0v) is 21.9. The van der Waals surface area contributed by atoms with Crippen molar-refractivity contribution in [3.05, 3.63) is 74.3 Å². The van der Waals surface area contributed by atoms with E-state index in [4.69, 9.17) is 26.1 Å². The van der Waals surface area contributed by atoms with Crippen molar-refractivity contribution in [3.63, 3.8) is 0 Å². The van der Waals surface area contributed by atoms with E-state index in [1.807, 2.05) is 56.3 Å². The number of halogens is 1. The van der Waals surface area contributed by atoms with E-state index in [2.05, 4.69) is 6.92 Å². The Balaban J connectivity index is 1.68. The molecule has 0 aliphatic heterocycles. The number of hydrogen-bond acceptors (Lipinski definition) is 6. The first-order valence-electron chi connectivity index (χ1n) is 11.3. The molecular weight excluding hydrogens is 488 g/mol. The first kappa shape index (κ1) is 24.6. The zero-order chi connectivity index (χ0) is 24.1. The SMILES string of the molecule is CCCc1sc2nc(SCCOc3ccccc3Cl)n(-c3ccc(OCC)cc3)c(=O)c2c1C. The van der Waals surface area contributed by atoms with E-state index in [9.17, 15) is 4.79 Å². The summed E-state index contributed by atoms with van der Waals surface area (Å²) >= 11 is 9.31. The van der Waals surface area contributed by atoms with Crippen LogP contribution in [0, 0.1) is 6.92 Å². The van der Waals surface area contributed by atoms with E-state index >= 15 is 0 Å². The Morgan fingerprint density at radius 3 is 2.56 bits per heavy atom. The van der Waals surface area contributed by atoms with Crippen LogP contribution in [0.15, 0.2) is 58.5 Å². The van der Waals surface area contributed by atoms with Crippen LogP contribution in [-0.4, -0.2) is 28.5 Å². The quantitative estimate of drug-likeness (QED) is 0.130. The number of aromatic nitrogens is 2. The maximum Gasteiger partial charge on any atom is 0.267 e. The number of nitrogens with zero attached hydrogens (tertiary/aromatic N) is 2. The van der Waals surface area contributed by atoms with Gasteiger partial charge in [0, 0.05) is 10.6 Å². The summed E-state index contributed by atoms with van der Waals surface area (Å²) in [7, 11) is 0. The van der Waals surface area contributed by atoms with Gasteiger partial charge in [-0.05, 0) is 62.2 Å². The lowest BCUT2D eigenvalue weighted by atomic mass is 10.1. The minimum absolute atomic E-state index is 0.0419. The molecule has 178 valence electrons. The smallest absolute Gasteiger partial charge is 0.267 e. The number of thioether (sulfide) groups is 1.